The van der Waals surface area contributed by atoms with Crippen molar-refractivity contribution < 1.29 is 18.0 Å². The van der Waals surface area contributed by atoms with Crippen LogP contribution >= 0.6 is 12.2 Å². The van der Waals surface area contributed by atoms with Gasteiger partial charge in [-0.15, -0.1) is 0 Å². The van der Waals surface area contributed by atoms with Gasteiger partial charge in [0.2, 0.25) is 0 Å². The van der Waals surface area contributed by atoms with Crippen LogP contribution in [-0.4, -0.2) is 16.9 Å². The fourth-order valence-electron chi connectivity index (χ4n) is 1.36. The summed E-state index contributed by atoms with van der Waals surface area (Å²) in [5.41, 5.74) is 4.71. The Labute approximate surface area is 107 Å². The van der Waals surface area contributed by atoms with Crippen LogP contribution in [0, 0.1) is 17.5 Å². The summed E-state index contributed by atoms with van der Waals surface area (Å²) < 4.78 is 38.9. The molecule has 1 unspecified atom stereocenters. The fourth-order valence-corrected chi connectivity index (χ4v) is 1.61. The summed E-state index contributed by atoms with van der Waals surface area (Å²) in [5.74, 6) is -5.39. The smallest absolute Gasteiger partial charge is 0.254 e. The van der Waals surface area contributed by atoms with E-state index in [4.69, 9.17) is 5.73 Å². The molecule has 0 fully saturated rings. The second-order valence-electron chi connectivity index (χ2n) is 3.77. The van der Waals surface area contributed by atoms with Crippen molar-refractivity contribution in [3.05, 3.63) is 35.1 Å². The van der Waals surface area contributed by atoms with Gasteiger partial charge in [-0.2, -0.15) is 0 Å². The van der Waals surface area contributed by atoms with Gasteiger partial charge in [-0.25, -0.2) is 13.2 Å². The highest BCUT2D eigenvalue weighted by Gasteiger charge is 2.19. The van der Waals surface area contributed by atoms with E-state index in [2.05, 4.69) is 17.5 Å². The van der Waals surface area contributed by atoms with Gasteiger partial charge in [-0.1, -0.05) is 12.2 Å². The predicted octanol–water partition coefficient (Wildman–Crippen LogP) is 1.90. The second kappa shape index (κ2) is 5.81. The molecule has 3 nitrogen and oxygen atoms in total. The van der Waals surface area contributed by atoms with Crippen molar-refractivity contribution in [1.82, 2.24) is 5.32 Å². The van der Waals surface area contributed by atoms with E-state index in [1.807, 2.05) is 0 Å². The van der Waals surface area contributed by atoms with Crippen LogP contribution in [0.4, 0.5) is 13.2 Å². The first-order valence-corrected chi connectivity index (χ1v) is 5.46. The molecule has 0 spiro atoms. The summed E-state index contributed by atoms with van der Waals surface area (Å²) >= 11 is 4.65. The quantitative estimate of drug-likeness (QED) is 0.652. The maximum absolute atomic E-state index is 13.3. The first-order valence-electron chi connectivity index (χ1n) is 5.05. The van der Waals surface area contributed by atoms with Crippen LogP contribution in [0.2, 0.25) is 0 Å². The first-order chi connectivity index (χ1) is 8.32. The molecule has 18 heavy (non-hydrogen) atoms. The van der Waals surface area contributed by atoms with E-state index in [-0.39, 0.29) is 11.4 Å². The Bertz CT molecular complexity index is 493. The van der Waals surface area contributed by atoms with E-state index >= 15 is 0 Å². The Balaban J connectivity index is 2.85. The average Bonchev–Trinajstić information content (AvgIpc) is 2.24. The van der Waals surface area contributed by atoms with E-state index in [0.29, 0.717) is 6.07 Å². The molecule has 0 radical (unpaired) electrons. The van der Waals surface area contributed by atoms with Gasteiger partial charge in [-0.05, 0) is 19.1 Å². The molecule has 0 heterocycles. The highest BCUT2D eigenvalue weighted by Crippen LogP contribution is 2.15. The molecule has 0 saturated heterocycles. The molecule has 0 aliphatic carbocycles. The number of thiocarbonyl (C=S) groups is 1. The van der Waals surface area contributed by atoms with Crippen LogP contribution < -0.4 is 11.1 Å². The summed E-state index contributed by atoms with van der Waals surface area (Å²) in [5, 5.41) is 2.38. The Morgan fingerprint density at radius 3 is 2.56 bits per heavy atom. The zero-order chi connectivity index (χ0) is 13.9. The summed E-state index contributed by atoms with van der Waals surface area (Å²) in [6.07, 6.45) is 0.229. The first kappa shape index (κ1) is 14.4. The Kier molecular flexibility index (Phi) is 4.66. The molecule has 0 aliphatic rings. The number of rotatable bonds is 4. The lowest BCUT2D eigenvalue weighted by Crippen LogP contribution is -2.35. The standard InChI is InChI=1S/C11H11F3N2OS/c1-5(4-8(15)18)16-11(17)6-2-3-7(12)10(14)9(6)13/h2-3,5H,4H2,1H3,(H2,15,18)(H,16,17). The van der Waals surface area contributed by atoms with Gasteiger partial charge in [-0.3, -0.25) is 4.79 Å². The van der Waals surface area contributed by atoms with Crippen LogP contribution in [0.5, 0.6) is 0 Å². The van der Waals surface area contributed by atoms with Crippen molar-refractivity contribution in [2.75, 3.05) is 0 Å². The van der Waals surface area contributed by atoms with E-state index in [1.165, 1.54) is 0 Å². The number of amides is 1. The average molecular weight is 276 g/mol. The van der Waals surface area contributed by atoms with Crippen LogP contribution in [0.3, 0.4) is 0 Å². The van der Waals surface area contributed by atoms with Gasteiger partial charge in [0.15, 0.2) is 17.5 Å². The van der Waals surface area contributed by atoms with E-state index < -0.39 is 35.0 Å². The Hall–Kier alpha value is -1.63. The number of carbonyl (C=O) groups excluding carboxylic acids is 1. The number of halogens is 3. The van der Waals surface area contributed by atoms with Gasteiger partial charge in [0.1, 0.15) is 0 Å². The second-order valence-corrected chi connectivity index (χ2v) is 4.29. The van der Waals surface area contributed by atoms with Gasteiger partial charge in [0, 0.05) is 12.5 Å². The van der Waals surface area contributed by atoms with Crippen molar-refractivity contribution in [3.8, 4) is 0 Å². The highest BCUT2D eigenvalue weighted by atomic mass is 32.1. The topological polar surface area (TPSA) is 55.1 Å². The number of benzene rings is 1. The molecule has 98 valence electrons. The molecule has 1 rings (SSSR count). The minimum atomic E-state index is -1.68. The van der Waals surface area contributed by atoms with Crippen molar-refractivity contribution in [3.63, 3.8) is 0 Å². The summed E-state index contributed by atoms with van der Waals surface area (Å²) in [6, 6.07) is 1.13. The molecule has 1 aromatic rings. The van der Waals surface area contributed by atoms with Gasteiger partial charge in [0.25, 0.3) is 5.91 Å². The fraction of sp³-hybridized carbons (Fsp3) is 0.273. The molecule has 1 amide bonds. The SMILES string of the molecule is CC(CC(N)=S)NC(=O)c1ccc(F)c(F)c1F. The monoisotopic (exact) mass is 276 g/mol. The lowest BCUT2D eigenvalue weighted by atomic mass is 10.1. The molecule has 1 aromatic carbocycles. The largest absolute Gasteiger partial charge is 0.393 e. The Morgan fingerprint density at radius 2 is 2.00 bits per heavy atom. The van der Waals surface area contributed by atoms with Crippen molar-refractivity contribution in [1.29, 1.82) is 0 Å². The maximum Gasteiger partial charge on any atom is 0.254 e. The molecular formula is C11H11F3N2OS. The van der Waals surface area contributed by atoms with Crippen LogP contribution in [0.25, 0.3) is 0 Å². The van der Waals surface area contributed by atoms with Crippen LogP contribution in [-0.2, 0) is 0 Å². The van der Waals surface area contributed by atoms with E-state index in [1.54, 1.807) is 6.92 Å². The molecule has 3 N–H and O–H groups in total. The Morgan fingerprint density at radius 1 is 1.39 bits per heavy atom. The number of hydrogen-bond acceptors (Lipinski definition) is 2. The van der Waals surface area contributed by atoms with E-state index in [9.17, 15) is 18.0 Å². The van der Waals surface area contributed by atoms with Gasteiger partial charge >= 0.3 is 0 Å². The maximum atomic E-state index is 13.3. The van der Waals surface area contributed by atoms with Crippen molar-refractivity contribution in [2.45, 2.75) is 19.4 Å². The third-order valence-electron chi connectivity index (χ3n) is 2.16. The molecule has 0 aliphatic heterocycles. The third-order valence-corrected chi connectivity index (χ3v) is 2.33. The van der Waals surface area contributed by atoms with E-state index in [0.717, 1.165) is 6.07 Å². The van der Waals surface area contributed by atoms with Gasteiger partial charge < -0.3 is 11.1 Å². The number of nitrogens with one attached hydrogen (secondary N) is 1. The van der Waals surface area contributed by atoms with Crippen LogP contribution in [0.15, 0.2) is 12.1 Å². The van der Waals surface area contributed by atoms with Crippen LogP contribution in [0.1, 0.15) is 23.7 Å². The minimum absolute atomic E-state index is 0.188. The molecule has 0 aromatic heterocycles. The summed E-state index contributed by atoms with van der Waals surface area (Å²) in [4.78, 5) is 11.8. The number of nitrogens with two attached hydrogens (primary N) is 1. The molecule has 7 heteroatoms. The van der Waals surface area contributed by atoms with Crippen molar-refractivity contribution >= 4 is 23.1 Å². The van der Waals surface area contributed by atoms with Crippen molar-refractivity contribution in [2.24, 2.45) is 5.73 Å². The highest BCUT2D eigenvalue weighted by molar-refractivity contribution is 7.80. The molecule has 1 atom stereocenters. The zero-order valence-electron chi connectivity index (χ0n) is 9.47. The lowest BCUT2D eigenvalue weighted by molar-refractivity contribution is 0.0936. The van der Waals surface area contributed by atoms with Gasteiger partial charge in [0.05, 0.1) is 10.6 Å². The third kappa shape index (κ3) is 3.43. The number of carbonyl (C=O) groups is 1. The molecule has 0 saturated carbocycles. The summed E-state index contributed by atoms with van der Waals surface area (Å²) in [6.45, 7) is 1.61. The lowest BCUT2D eigenvalue weighted by Gasteiger charge is -2.13. The number of hydrogen-bond donors (Lipinski definition) is 2. The predicted molar refractivity (Wildman–Crippen MR) is 64.6 cm³/mol. The minimum Gasteiger partial charge on any atom is -0.393 e. The summed E-state index contributed by atoms with van der Waals surface area (Å²) in [7, 11) is 0. The molecular weight excluding hydrogens is 265 g/mol. The molecule has 0 bridgehead atoms. The zero-order valence-corrected chi connectivity index (χ0v) is 10.3. The normalized spacial score (nSPS) is 12.0.